The zero-order valence-corrected chi connectivity index (χ0v) is 12.2. The van der Waals surface area contributed by atoms with E-state index in [1.54, 1.807) is 0 Å². The molecule has 0 amide bonds. The summed E-state index contributed by atoms with van der Waals surface area (Å²) in [4.78, 5) is 0. The minimum absolute atomic E-state index is 0.0370. The predicted molar refractivity (Wildman–Crippen MR) is 82.5 cm³/mol. The molecular weight excluding hydrogens is 276 g/mol. The van der Waals surface area contributed by atoms with Crippen molar-refractivity contribution in [1.82, 2.24) is 19.6 Å². The Morgan fingerprint density at radius 2 is 2.00 bits per heavy atom. The van der Waals surface area contributed by atoms with Crippen LogP contribution in [0, 0.1) is 6.07 Å². The molecule has 0 N–H and O–H groups in total. The number of rotatable bonds is 3. The van der Waals surface area contributed by atoms with Crippen LogP contribution in [0.25, 0.3) is 17.1 Å². The van der Waals surface area contributed by atoms with Crippen LogP contribution >= 0.6 is 0 Å². The number of hydrogen-bond donors (Lipinski definition) is 0. The molecule has 4 rings (SSSR count). The standard InChI is InChI=1S/C17H17N4O/c1-2-6-14(7-3-1)20-11-9-15(18-20)16-10-12-21(19-16)17-8-4-5-13-22-17/h1-3,6-7,9,11-12,17H,4-5,8,13H2. The second-order valence-corrected chi connectivity index (χ2v) is 5.40. The maximum absolute atomic E-state index is 5.74. The van der Waals surface area contributed by atoms with Crippen molar-refractivity contribution in [2.75, 3.05) is 6.61 Å². The number of benzene rings is 1. The highest BCUT2D eigenvalue weighted by Gasteiger charge is 2.17. The first-order valence-electron chi connectivity index (χ1n) is 7.60. The van der Waals surface area contributed by atoms with Gasteiger partial charge in [0, 0.05) is 25.1 Å². The molecule has 0 bridgehead atoms. The molecule has 1 unspecified atom stereocenters. The second kappa shape index (κ2) is 5.77. The molecular formula is C17H17N4O. The minimum Gasteiger partial charge on any atom is -0.357 e. The topological polar surface area (TPSA) is 44.9 Å². The third kappa shape index (κ3) is 2.55. The van der Waals surface area contributed by atoms with Gasteiger partial charge in [-0.2, -0.15) is 10.2 Å². The summed E-state index contributed by atoms with van der Waals surface area (Å²) in [6.45, 7) is 0.808. The Morgan fingerprint density at radius 3 is 2.82 bits per heavy atom. The summed E-state index contributed by atoms with van der Waals surface area (Å²) in [5.41, 5.74) is 2.60. The average molecular weight is 293 g/mol. The molecule has 2 aromatic heterocycles. The van der Waals surface area contributed by atoms with Crippen molar-refractivity contribution < 1.29 is 4.74 Å². The molecule has 0 spiro atoms. The van der Waals surface area contributed by atoms with Gasteiger partial charge in [-0.15, -0.1) is 0 Å². The quantitative estimate of drug-likeness (QED) is 0.744. The molecule has 1 aromatic carbocycles. The van der Waals surface area contributed by atoms with E-state index in [0.29, 0.717) is 0 Å². The van der Waals surface area contributed by atoms with Gasteiger partial charge >= 0.3 is 0 Å². The lowest BCUT2D eigenvalue weighted by Crippen LogP contribution is -2.18. The maximum Gasteiger partial charge on any atom is 0.150 e. The summed E-state index contributed by atoms with van der Waals surface area (Å²) in [6, 6.07) is 15.2. The summed E-state index contributed by atoms with van der Waals surface area (Å²) in [7, 11) is 0. The number of aromatic nitrogens is 4. The number of ether oxygens (including phenoxy) is 1. The van der Waals surface area contributed by atoms with E-state index >= 15 is 0 Å². The highest BCUT2D eigenvalue weighted by Crippen LogP contribution is 2.23. The molecule has 0 aliphatic carbocycles. The fraction of sp³-hybridized carbons (Fsp3) is 0.294. The Labute approximate surface area is 129 Å². The van der Waals surface area contributed by atoms with Crippen molar-refractivity contribution in [3.05, 3.63) is 54.9 Å². The van der Waals surface area contributed by atoms with E-state index < -0.39 is 0 Å². The van der Waals surface area contributed by atoms with Crippen molar-refractivity contribution >= 4 is 0 Å². The summed E-state index contributed by atoms with van der Waals surface area (Å²) in [5, 5.41) is 9.15. The zero-order valence-electron chi connectivity index (χ0n) is 12.2. The summed E-state index contributed by atoms with van der Waals surface area (Å²) in [5.74, 6) is 0. The Kier molecular flexibility index (Phi) is 3.48. The highest BCUT2D eigenvalue weighted by molar-refractivity contribution is 5.52. The Morgan fingerprint density at radius 1 is 1.09 bits per heavy atom. The SMILES string of the molecule is [c]1cn(C2CCCCO2)nc1-c1ccn(-c2ccccc2)n1. The van der Waals surface area contributed by atoms with Crippen LogP contribution in [0.15, 0.2) is 48.8 Å². The molecule has 1 radical (unpaired) electrons. The minimum atomic E-state index is 0.0370. The molecule has 3 heterocycles. The van der Waals surface area contributed by atoms with Crippen molar-refractivity contribution in [2.45, 2.75) is 25.5 Å². The van der Waals surface area contributed by atoms with Crippen molar-refractivity contribution in [3.8, 4) is 17.1 Å². The lowest BCUT2D eigenvalue weighted by atomic mass is 10.2. The molecule has 1 fully saturated rings. The van der Waals surface area contributed by atoms with Gasteiger partial charge in [-0.1, -0.05) is 18.2 Å². The largest absolute Gasteiger partial charge is 0.357 e. The first kappa shape index (κ1) is 13.3. The van der Waals surface area contributed by atoms with Crippen LogP contribution in [-0.2, 0) is 4.74 Å². The van der Waals surface area contributed by atoms with Crippen molar-refractivity contribution in [2.24, 2.45) is 0 Å². The lowest BCUT2D eigenvalue weighted by molar-refractivity contribution is -0.0393. The van der Waals surface area contributed by atoms with Crippen LogP contribution in [0.3, 0.4) is 0 Å². The van der Waals surface area contributed by atoms with Crippen LogP contribution in [-0.4, -0.2) is 26.2 Å². The monoisotopic (exact) mass is 293 g/mol. The first-order chi connectivity index (χ1) is 10.9. The number of para-hydroxylation sites is 1. The van der Waals surface area contributed by atoms with E-state index in [-0.39, 0.29) is 6.23 Å². The van der Waals surface area contributed by atoms with Crippen LogP contribution in [0.5, 0.6) is 0 Å². The third-order valence-electron chi connectivity index (χ3n) is 3.85. The zero-order chi connectivity index (χ0) is 14.8. The molecule has 1 aliphatic heterocycles. The fourth-order valence-electron chi connectivity index (χ4n) is 2.68. The molecule has 5 nitrogen and oxygen atoms in total. The maximum atomic E-state index is 5.74. The highest BCUT2D eigenvalue weighted by atomic mass is 16.5. The van der Waals surface area contributed by atoms with E-state index in [2.05, 4.69) is 16.3 Å². The smallest absolute Gasteiger partial charge is 0.150 e. The van der Waals surface area contributed by atoms with E-state index in [1.165, 1.54) is 6.42 Å². The molecule has 22 heavy (non-hydrogen) atoms. The number of hydrogen-bond acceptors (Lipinski definition) is 3. The van der Waals surface area contributed by atoms with Crippen LogP contribution in [0.2, 0.25) is 0 Å². The van der Waals surface area contributed by atoms with E-state index in [1.807, 2.05) is 58.2 Å². The van der Waals surface area contributed by atoms with Crippen LogP contribution in [0.1, 0.15) is 25.5 Å². The summed E-state index contributed by atoms with van der Waals surface area (Å²) in [6.07, 6.45) is 7.16. The fourth-order valence-corrected chi connectivity index (χ4v) is 2.68. The first-order valence-corrected chi connectivity index (χ1v) is 7.60. The summed E-state index contributed by atoms with van der Waals surface area (Å²) >= 11 is 0. The predicted octanol–water partition coefficient (Wildman–Crippen LogP) is 3.24. The Balaban J connectivity index is 1.58. The molecule has 3 aromatic rings. The summed E-state index contributed by atoms with van der Waals surface area (Å²) < 4.78 is 9.45. The van der Waals surface area contributed by atoms with Gasteiger partial charge in [0.2, 0.25) is 0 Å². The van der Waals surface area contributed by atoms with E-state index in [4.69, 9.17) is 4.74 Å². The molecule has 1 saturated heterocycles. The van der Waals surface area contributed by atoms with Gasteiger partial charge in [0.15, 0.2) is 0 Å². The van der Waals surface area contributed by atoms with Gasteiger partial charge in [0.05, 0.1) is 5.69 Å². The van der Waals surface area contributed by atoms with Crippen LogP contribution < -0.4 is 0 Å². The van der Waals surface area contributed by atoms with E-state index in [9.17, 15) is 0 Å². The molecule has 0 saturated carbocycles. The van der Waals surface area contributed by atoms with Crippen molar-refractivity contribution in [1.29, 1.82) is 0 Å². The Hall–Kier alpha value is -2.40. The second-order valence-electron chi connectivity index (χ2n) is 5.40. The van der Waals surface area contributed by atoms with E-state index in [0.717, 1.165) is 36.5 Å². The van der Waals surface area contributed by atoms with Gasteiger partial charge in [-0.25, -0.2) is 9.36 Å². The molecule has 1 aliphatic rings. The van der Waals surface area contributed by atoms with Gasteiger partial charge in [-0.3, -0.25) is 0 Å². The van der Waals surface area contributed by atoms with Gasteiger partial charge in [0.1, 0.15) is 17.6 Å². The number of nitrogens with zero attached hydrogens (tertiary/aromatic N) is 4. The average Bonchev–Trinajstić information content (AvgIpc) is 3.26. The molecule has 5 heteroatoms. The van der Waals surface area contributed by atoms with Crippen molar-refractivity contribution in [3.63, 3.8) is 0 Å². The van der Waals surface area contributed by atoms with Gasteiger partial charge < -0.3 is 4.74 Å². The lowest BCUT2D eigenvalue weighted by Gasteiger charge is -2.22. The molecule has 111 valence electrons. The third-order valence-corrected chi connectivity index (χ3v) is 3.85. The normalized spacial score (nSPS) is 18.5. The van der Waals surface area contributed by atoms with Gasteiger partial charge in [0.25, 0.3) is 0 Å². The molecule has 1 atom stereocenters. The Bertz CT molecular complexity index is 741. The van der Waals surface area contributed by atoms with Gasteiger partial charge in [-0.05, 0) is 37.5 Å². The van der Waals surface area contributed by atoms with Crippen LogP contribution in [0.4, 0.5) is 0 Å².